The molecule has 148 valence electrons. The summed E-state index contributed by atoms with van der Waals surface area (Å²) in [6, 6.07) is 14.3. The molecule has 3 aromatic rings. The number of aryl methyl sites for hydroxylation is 1. The SMILES string of the molecule is CCc1cccc2c([C@H](CC(=O)NCCOC)c3ccc(OC)cc3)c[nH]c12. The Kier molecular flexibility index (Phi) is 6.71. The number of hydrogen-bond acceptors (Lipinski definition) is 3. The van der Waals surface area contributed by atoms with E-state index in [2.05, 4.69) is 35.4 Å². The van der Waals surface area contributed by atoms with Crippen LogP contribution in [0.4, 0.5) is 0 Å². The number of ether oxygens (including phenoxy) is 2. The van der Waals surface area contributed by atoms with Gasteiger partial charge in [0.05, 0.1) is 13.7 Å². The van der Waals surface area contributed by atoms with Crippen LogP contribution in [0.25, 0.3) is 10.9 Å². The Labute approximate surface area is 166 Å². The van der Waals surface area contributed by atoms with Crippen molar-refractivity contribution in [1.29, 1.82) is 0 Å². The molecule has 3 rings (SSSR count). The minimum Gasteiger partial charge on any atom is -0.497 e. The lowest BCUT2D eigenvalue weighted by molar-refractivity contribution is -0.121. The maximum Gasteiger partial charge on any atom is 0.221 e. The summed E-state index contributed by atoms with van der Waals surface area (Å²) in [5.74, 6) is 0.771. The molecule has 1 amide bonds. The van der Waals surface area contributed by atoms with Gasteiger partial charge in [-0.15, -0.1) is 0 Å². The zero-order valence-electron chi connectivity index (χ0n) is 16.7. The first kappa shape index (κ1) is 20.0. The fraction of sp³-hybridized carbons (Fsp3) is 0.348. The third-order valence-electron chi connectivity index (χ3n) is 5.13. The Morgan fingerprint density at radius 3 is 2.61 bits per heavy atom. The fourth-order valence-corrected chi connectivity index (χ4v) is 3.62. The van der Waals surface area contributed by atoms with E-state index < -0.39 is 0 Å². The molecule has 0 aliphatic rings. The summed E-state index contributed by atoms with van der Waals surface area (Å²) in [5, 5.41) is 4.11. The molecule has 0 fully saturated rings. The average Bonchev–Trinajstić information content (AvgIpc) is 3.16. The van der Waals surface area contributed by atoms with Crippen molar-refractivity contribution >= 4 is 16.8 Å². The van der Waals surface area contributed by atoms with Gasteiger partial charge in [-0.05, 0) is 35.2 Å². The number of rotatable bonds is 9. The molecule has 5 heteroatoms. The van der Waals surface area contributed by atoms with Crippen molar-refractivity contribution in [2.24, 2.45) is 0 Å². The molecule has 0 bridgehead atoms. The topological polar surface area (TPSA) is 63.4 Å². The summed E-state index contributed by atoms with van der Waals surface area (Å²) in [5.41, 5.74) is 4.66. The Hall–Kier alpha value is -2.79. The number of hydrogen-bond donors (Lipinski definition) is 2. The van der Waals surface area contributed by atoms with E-state index in [1.165, 1.54) is 10.9 Å². The van der Waals surface area contributed by atoms with Crippen molar-refractivity contribution in [3.8, 4) is 5.75 Å². The molecule has 1 heterocycles. The van der Waals surface area contributed by atoms with Gasteiger partial charge in [-0.2, -0.15) is 0 Å². The first-order valence-electron chi connectivity index (χ1n) is 9.66. The molecule has 2 aromatic carbocycles. The molecule has 1 aromatic heterocycles. The molecular weight excluding hydrogens is 352 g/mol. The highest BCUT2D eigenvalue weighted by Crippen LogP contribution is 2.35. The lowest BCUT2D eigenvalue weighted by Crippen LogP contribution is -2.28. The molecule has 0 aliphatic carbocycles. The third-order valence-corrected chi connectivity index (χ3v) is 5.13. The first-order valence-corrected chi connectivity index (χ1v) is 9.66. The molecule has 0 spiro atoms. The molecule has 1 atom stereocenters. The van der Waals surface area contributed by atoms with Crippen molar-refractivity contribution in [1.82, 2.24) is 10.3 Å². The van der Waals surface area contributed by atoms with E-state index in [1.54, 1.807) is 14.2 Å². The van der Waals surface area contributed by atoms with Gasteiger partial charge in [0.2, 0.25) is 5.91 Å². The highest BCUT2D eigenvalue weighted by Gasteiger charge is 2.22. The quantitative estimate of drug-likeness (QED) is 0.551. The van der Waals surface area contributed by atoms with Crippen LogP contribution in [0.5, 0.6) is 5.75 Å². The van der Waals surface area contributed by atoms with Crippen LogP contribution in [0.3, 0.4) is 0 Å². The van der Waals surface area contributed by atoms with Gasteiger partial charge in [0.15, 0.2) is 0 Å². The van der Waals surface area contributed by atoms with Crippen LogP contribution >= 0.6 is 0 Å². The van der Waals surface area contributed by atoms with Gasteiger partial charge < -0.3 is 19.8 Å². The molecule has 0 aliphatic heterocycles. The number of aromatic nitrogens is 1. The predicted molar refractivity (Wildman–Crippen MR) is 112 cm³/mol. The molecular formula is C23H28N2O3. The molecule has 0 saturated carbocycles. The van der Waals surface area contributed by atoms with Crippen LogP contribution < -0.4 is 10.1 Å². The lowest BCUT2D eigenvalue weighted by atomic mass is 9.87. The minimum absolute atomic E-state index is 0.0128. The second-order valence-electron chi connectivity index (χ2n) is 6.81. The van der Waals surface area contributed by atoms with E-state index in [0.29, 0.717) is 19.6 Å². The van der Waals surface area contributed by atoms with Crippen molar-refractivity contribution in [2.45, 2.75) is 25.7 Å². The van der Waals surface area contributed by atoms with Crippen LogP contribution in [0.15, 0.2) is 48.7 Å². The normalized spacial score (nSPS) is 12.1. The number of amides is 1. The number of carbonyl (C=O) groups excluding carboxylic acids is 1. The Bertz CT molecular complexity index is 915. The number of para-hydroxylation sites is 1. The summed E-state index contributed by atoms with van der Waals surface area (Å²) in [6.07, 6.45) is 3.38. The summed E-state index contributed by atoms with van der Waals surface area (Å²) in [7, 11) is 3.28. The summed E-state index contributed by atoms with van der Waals surface area (Å²) in [6.45, 7) is 3.17. The number of H-pyrrole nitrogens is 1. The molecule has 2 N–H and O–H groups in total. The second kappa shape index (κ2) is 9.42. The van der Waals surface area contributed by atoms with Gasteiger partial charge in [0, 0.05) is 43.1 Å². The Morgan fingerprint density at radius 1 is 1.14 bits per heavy atom. The van der Waals surface area contributed by atoms with Gasteiger partial charge in [-0.1, -0.05) is 37.3 Å². The Morgan fingerprint density at radius 2 is 1.93 bits per heavy atom. The standard InChI is InChI=1S/C23H28N2O3/c1-4-16-6-5-7-19-21(15-25-23(16)19)20(14-22(26)24-12-13-27-2)17-8-10-18(28-3)11-9-17/h5-11,15,20,25H,4,12-14H2,1-3H3,(H,24,26)/t20-/m1/s1. The number of aromatic amines is 1. The van der Waals surface area contributed by atoms with Gasteiger partial charge in [-0.25, -0.2) is 0 Å². The van der Waals surface area contributed by atoms with Crippen LogP contribution in [0.1, 0.15) is 36.0 Å². The first-order chi connectivity index (χ1) is 13.7. The number of methoxy groups -OCH3 is 2. The maximum atomic E-state index is 12.6. The van der Waals surface area contributed by atoms with E-state index in [4.69, 9.17) is 9.47 Å². The highest BCUT2D eigenvalue weighted by molar-refractivity contribution is 5.88. The molecule has 28 heavy (non-hydrogen) atoms. The second-order valence-corrected chi connectivity index (χ2v) is 6.81. The molecule has 0 radical (unpaired) electrons. The molecule has 5 nitrogen and oxygen atoms in total. The lowest BCUT2D eigenvalue weighted by Gasteiger charge is -2.18. The van der Waals surface area contributed by atoms with Gasteiger partial charge >= 0.3 is 0 Å². The van der Waals surface area contributed by atoms with E-state index in [1.807, 2.05) is 30.5 Å². The number of carbonyl (C=O) groups is 1. The summed E-state index contributed by atoms with van der Waals surface area (Å²) < 4.78 is 10.3. The van der Waals surface area contributed by atoms with Crippen molar-refractivity contribution < 1.29 is 14.3 Å². The minimum atomic E-state index is -0.0469. The fourth-order valence-electron chi connectivity index (χ4n) is 3.62. The van der Waals surface area contributed by atoms with Crippen LogP contribution in [-0.4, -0.2) is 38.3 Å². The third kappa shape index (κ3) is 4.37. The van der Waals surface area contributed by atoms with E-state index in [0.717, 1.165) is 28.8 Å². The van der Waals surface area contributed by atoms with Gasteiger partial charge in [0.1, 0.15) is 5.75 Å². The van der Waals surface area contributed by atoms with Gasteiger partial charge in [0.25, 0.3) is 0 Å². The smallest absolute Gasteiger partial charge is 0.221 e. The predicted octanol–water partition coefficient (Wildman–Crippen LogP) is 4.02. The van der Waals surface area contributed by atoms with Crippen molar-refractivity contribution in [3.05, 3.63) is 65.4 Å². The number of fused-ring (bicyclic) bond motifs is 1. The van der Waals surface area contributed by atoms with E-state index in [-0.39, 0.29) is 11.8 Å². The summed E-state index contributed by atoms with van der Waals surface area (Å²) >= 11 is 0. The number of nitrogens with one attached hydrogen (secondary N) is 2. The maximum absolute atomic E-state index is 12.6. The average molecular weight is 380 g/mol. The zero-order chi connectivity index (χ0) is 19.9. The van der Waals surface area contributed by atoms with Crippen LogP contribution in [-0.2, 0) is 16.0 Å². The Balaban J connectivity index is 1.97. The monoisotopic (exact) mass is 380 g/mol. The van der Waals surface area contributed by atoms with Crippen molar-refractivity contribution in [2.75, 3.05) is 27.4 Å². The van der Waals surface area contributed by atoms with E-state index >= 15 is 0 Å². The molecule has 0 saturated heterocycles. The molecule has 0 unspecified atom stereocenters. The van der Waals surface area contributed by atoms with Crippen LogP contribution in [0, 0.1) is 0 Å². The summed E-state index contributed by atoms with van der Waals surface area (Å²) in [4.78, 5) is 16.0. The number of benzene rings is 2. The van der Waals surface area contributed by atoms with Gasteiger partial charge in [-0.3, -0.25) is 4.79 Å². The largest absolute Gasteiger partial charge is 0.497 e. The van der Waals surface area contributed by atoms with E-state index in [9.17, 15) is 4.79 Å². The van der Waals surface area contributed by atoms with Crippen molar-refractivity contribution in [3.63, 3.8) is 0 Å². The zero-order valence-corrected chi connectivity index (χ0v) is 16.7. The highest BCUT2D eigenvalue weighted by atomic mass is 16.5. The van der Waals surface area contributed by atoms with Crippen LogP contribution in [0.2, 0.25) is 0 Å².